The van der Waals surface area contributed by atoms with Crippen LogP contribution in [-0.2, 0) is 13.6 Å². The van der Waals surface area contributed by atoms with Crippen molar-refractivity contribution in [1.29, 1.82) is 0 Å². The Hall–Kier alpha value is -4.23. The number of hydrogen-bond acceptors (Lipinski definition) is 9. The molecule has 2 heterocycles. The zero-order valence-corrected chi connectivity index (χ0v) is 20.7. The van der Waals surface area contributed by atoms with Gasteiger partial charge in [0.05, 0.1) is 17.2 Å². The number of aliphatic hydroxyl groups is 1. The van der Waals surface area contributed by atoms with E-state index >= 15 is 0 Å². The molecule has 0 saturated heterocycles. The van der Waals surface area contributed by atoms with Crippen molar-refractivity contribution in [1.82, 2.24) is 19.1 Å². The predicted octanol–water partition coefficient (Wildman–Crippen LogP) is 2.05. The number of ketones is 1. The lowest BCUT2D eigenvalue weighted by Gasteiger charge is -2.16. The number of para-hydroxylation sites is 1. The molecule has 0 bridgehead atoms. The van der Waals surface area contributed by atoms with E-state index < -0.39 is 22.3 Å². The minimum absolute atomic E-state index is 0.0694. The maximum atomic E-state index is 12.7. The molecule has 4 rings (SSSR count). The predicted molar refractivity (Wildman–Crippen MR) is 136 cm³/mol. The number of benzene rings is 2. The number of carbonyl (C=O) groups excluding carboxylic acids is 1. The molecule has 0 aliphatic carbocycles. The van der Waals surface area contributed by atoms with Gasteiger partial charge in [-0.1, -0.05) is 30.0 Å². The molecule has 0 aliphatic rings. The summed E-state index contributed by atoms with van der Waals surface area (Å²) in [6.45, 7) is 1.72. The third-order valence-corrected chi connectivity index (χ3v) is 6.60. The highest BCUT2D eigenvalue weighted by molar-refractivity contribution is 7.99. The Kier molecular flexibility index (Phi) is 7.55. The molecule has 1 atom stereocenters. The van der Waals surface area contributed by atoms with Gasteiger partial charge in [0.15, 0.2) is 22.1 Å². The van der Waals surface area contributed by atoms with Gasteiger partial charge in [0, 0.05) is 24.7 Å². The van der Waals surface area contributed by atoms with Crippen LogP contribution >= 0.6 is 11.8 Å². The summed E-state index contributed by atoms with van der Waals surface area (Å²) in [5, 5.41) is 21.8. The fraction of sp³-hybridized carbons (Fsp3) is 0.250. The Morgan fingerprint density at radius 2 is 1.92 bits per heavy atom. The molecular weight excluding hydrogens is 502 g/mol. The molecule has 0 saturated carbocycles. The van der Waals surface area contributed by atoms with Crippen molar-refractivity contribution in [3.63, 3.8) is 0 Å². The lowest BCUT2D eigenvalue weighted by molar-refractivity contribution is -0.384. The highest BCUT2D eigenvalue weighted by Gasteiger charge is 2.21. The number of thioether (sulfide) groups is 1. The molecule has 13 heteroatoms. The van der Waals surface area contributed by atoms with Gasteiger partial charge in [0.1, 0.15) is 18.5 Å². The Bertz CT molecular complexity index is 1590. The number of aromatic amines is 1. The molecule has 2 aromatic heterocycles. The number of nitro groups is 1. The quantitative estimate of drug-likeness (QED) is 0.137. The normalized spacial score (nSPS) is 12.0. The van der Waals surface area contributed by atoms with Crippen molar-refractivity contribution in [2.45, 2.75) is 24.7 Å². The zero-order chi connectivity index (χ0) is 26.7. The van der Waals surface area contributed by atoms with E-state index in [1.165, 1.54) is 40.4 Å². The van der Waals surface area contributed by atoms with Gasteiger partial charge in [-0.2, -0.15) is 0 Å². The largest absolute Gasteiger partial charge is 0.491 e. The van der Waals surface area contributed by atoms with Crippen LogP contribution in [0.4, 0.5) is 5.69 Å². The maximum Gasteiger partial charge on any atom is 0.329 e. The molecule has 2 N–H and O–H groups in total. The Morgan fingerprint density at radius 3 is 2.59 bits per heavy atom. The lowest BCUT2D eigenvalue weighted by atomic mass is 10.1. The highest BCUT2D eigenvalue weighted by atomic mass is 32.2. The number of H-pyrrole nitrogens is 1. The Balaban J connectivity index is 1.59. The second kappa shape index (κ2) is 10.8. The summed E-state index contributed by atoms with van der Waals surface area (Å²) in [5.74, 6) is 0.202. The number of aromatic nitrogens is 4. The van der Waals surface area contributed by atoms with E-state index in [4.69, 9.17) is 4.74 Å². The lowest BCUT2D eigenvalue weighted by Crippen LogP contribution is -2.30. The molecule has 0 unspecified atom stereocenters. The van der Waals surface area contributed by atoms with Crippen LogP contribution in [0.5, 0.6) is 5.75 Å². The van der Waals surface area contributed by atoms with Gasteiger partial charge in [0.2, 0.25) is 0 Å². The second-order valence-electron chi connectivity index (χ2n) is 8.24. The first kappa shape index (κ1) is 25.9. The summed E-state index contributed by atoms with van der Waals surface area (Å²) in [6, 6.07) is 12.6. The number of rotatable bonds is 10. The standard InChI is InChI=1S/C24H23N5O7S/c1-14-5-3-4-6-19(14)36-12-17(30)11-28-20-21(27(2)23(33)26-22(20)32)25-24(28)37-13-18(31)15-7-9-16(10-8-15)29(34)35/h3-10,17,30H,11-13H2,1-2H3,(H,26,32,33)/t17-/m1/s1. The van der Waals surface area contributed by atoms with Crippen molar-refractivity contribution in [3.8, 4) is 5.75 Å². The van der Waals surface area contributed by atoms with Gasteiger partial charge < -0.3 is 14.4 Å². The zero-order valence-electron chi connectivity index (χ0n) is 19.9. The van der Waals surface area contributed by atoms with Crippen LogP contribution in [0.2, 0.25) is 0 Å². The first-order valence-electron chi connectivity index (χ1n) is 11.1. The summed E-state index contributed by atoms with van der Waals surface area (Å²) < 4.78 is 8.35. The number of aryl methyl sites for hydroxylation is 2. The number of imidazole rings is 1. The number of ether oxygens (including phenoxy) is 1. The summed E-state index contributed by atoms with van der Waals surface area (Å²) in [6.07, 6.45) is -1.04. The van der Waals surface area contributed by atoms with Crippen molar-refractivity contribution in [2.75, 3.05) is 12.4 Å². The number of non-ortho nitro benzene ring substituents is 1. The smallest absolute Gasteiger partial charge is 0.329 e. The van der Waals surface area contributed by atoms with E-state index in [2.05, 4.69) is 9.97 Å². The summed E-state index contributed by atoms with van der Waals surface area (Å²) in [5.41, 5.74) is -0.107. The van der Waals surface area contributed by atoms with E-state index in [-0.39, 0.29) is 52.3 Å². The van der Waals surface area contributed by atoms with Gasteiger partial charge in [-0.15, -0.1) is 0 Å². The molecule has 0 spiro atoms. The number of aliphatic hydroxyl groups excluding tert-OH is 1. The van der Waals surface area contributed by atoms with Gasteiger partial charge >= 0.3 is 5.69 Å². The van der Waals surface area contributed by atoms with Crippen LogP contribution < -0.4 is 16.0 Å². The Morgan fingerprint density at radius 1 is 1.22 bits per heavy atom. The number of nitrogens with one attached hydrogen (secondary N) is 1. The van der Waals surface area contributed by atoms with Crippen molar-refractivity contribution in [2.24, 2.45) is 7.05 Å². The van der Waals surface area contributed by atoms with E-state index in [0.717, 1.165) is 17.3 Å². The van der Waals surface area contributed by atoms with Gasteiger partial charge in [-0.3, -0.25) is 29.3 Å². The average Bonchev–Trinajstić information content (AvgIpc) is 3.24. The third kappa shape index (κ3) is 5.62. The molecule has 0 radical (unpaired) electrons. The molecule has 0 amide bonds. The summed E-state index contributed by atoms with van der Waals surface area (Å²) in [7, 11) is 1.45. The van der Waals surface area contributed by atoms with Gasteiger partial charge in [-0.05, 0) is 30.7 Å². The van der Waals surface area contributed by atoms with Gasteiger partial charge in [0.25, 0.3) is 11.2 Å². The molecule has 4 aromatic rings. The summed E-state index contributed by atoms with van der Waals surface area (Å²) in [4.78, 5) is 54.4. The fourth-order valence-electron chi connectivity index (χ4n) is 3.64. The van der Waals surface area contributed by atoms with Gasteiger partial charge in [-0.25, -0.2) is 9.78 Å². The molecule has 192 valence electrons. The molecule has 0 aliphatic heterocycles. The van der Waals surface area contributed by atoms with Crippen molar-refractivity contribution >= 4 is 34.4 Å². The van der Waals surface area contributed by atoms with Crippen molar-refractivity contribution in [3.05, 3.63) is 90.6 Å². The van der Waals surface area contributed by atoms with E-state index in [0.29, 0.717) is 5.75 Å². The SMILES string of the molecule is Cc1ccccc1OC[C@H](O)Cn1c(SCC(=O)c2ccc([N+](=O)[O-])cc2)nc2c1c(=O)[nH]c(=O)n2C. The van der Waals surface area contributed by atoms with Crippen LogP contribution in [0, 0.1) is 17.0 Å². The number of hydrogen-bond donors (Lipinski definition) is 2. The molecular formula is C24H23N5O7S. The molecule has 37 heavy (non-hydrogen) atoms. The van der Waals surface area contributed by atoms with Crippen LogP contribution in [0.25, 0.3) is 11.2 Å². The first-order valence-corrected chi connectivity index (χ1v) is 12.1. The number of Topliss-reactive ketones (excluding diaryl/α,β-unsaturated/α-hetero) is 1. The van der Waals surface area contributed by atoms with E-state index in [1.807, 2.05) is 25.1 Å². The minimum Gasteiger partial charge on any atom is -0.491 e. The molecule has 2 aromatic carbocycles. The van der Waals surface area contributed by atoms with Crippen LogP contribution in [0.3, 0.4) is 0 Å². The Labute approximate surface area is 213 Å². The number of nitro benzene ring substituents is 1. The minimum atomic E-state index is -1.04. The topological polar surface area (TPSA) is 162 Å². The van der Waals surface area contributed by atoms with Crippen LogP contribution in [0.15, 0.2) is 63.3 Å². The summed E-state index contributed by atoms with van der Waals surface area (Å²) >= 11 is 1.02. The number of carbonyl (C=O) groups is 1. The van der Waals surface area contributed by atoms with Crippen molar-refractivity contribution < 1.29 is 19.6 Å². The van der Waals surface area contributed by atoms with Crippen LogP contribution in [0.1, 0.15) is 15.9 Å². The maximum absolute atomic E-state index is 12.7. The highest BCUT2D eigenvalue weighted by Crippen LogP contribution is 2.24. The monoisotopic (exact) mass is 525 g/mol. The third-order valence-electron chi connectivity index (χ3n) is 5.62. The number of fused-ring (bicyclic) bond motifs is 1. The fourth-order valence-corrected chi connectivity index (χ4v) is 4.54. The molecule has 0 fully saturated rings. The number of nitrogens with zero attached hydrogens (tertiary/aromatic N) is 4. The van der Waals surface area contributed by atoms with E-state index in [9.17, 15) is 29.6 Å². The average molecular weight is 526 g/mol. The van der Waals surface area contributed by atoms with Crippen LogP contribution in [-0.4, -0.2) is 53.4 Å². The first-order chi connectivity index (χ1) is 17.7. The van der Waals surface area contributed by atoms with E-state index in [1.54, 1.807) is 6.07 Å². The second-order valence-corrected chi connectivity index (χ2v) is 9.18. The molecule has 12 nitrogen and oxygen atoms in total.